The van der Waals surface area contributed by atoms with E-state index in [-0.39, 0.29) is 5.97 Å². The zero-order valence-electron chi connectivity index (χ0n) is 8.40. The molecule has 0 fully saturated rings. The molecule has 2 aromatic rings. The van der Waals surface area contributed by atoms with Gasteiger partial charge in [-0.25, -0.2) is 4.79 Å². The van der Waals surface area contributed by atoms with Crippen LogP contribution in [0.25, 0.3) is 10.9 Å². The molecule has 5 heteroatoms. The third-order valence-corrected chi connectivity index (χ3v) is 2.14. The van der Waals surface area contributed by atoms with Crippen LogP contribution in [0.2, 0.25) is 0 Å². The summed E-state index contributed by atoms with van der Waals surface area (Å²) in [4.78, 5) is 11.3. The Balaban J connectivity index is 2.57. The van der Waals surface area contributed by atoms with Gasteiger partial charge in [0.1, 0.15) is 0 Å². The van der Waals surface area contributed by atoms with Gasteiger partial charge in [-0.1, -0.05) is 0 Å². The Kier molecular flexibility index (Phi) is 2.29. The number of ether oxygens (including phenoxy) is 2. The molecule has 1 heterocycles. The topological polar surface area (TPSA) is 64.2 Å². The summed E-state index contributed by atoms with van der Waals surface area (Å²) in [5, 5.41) is 7.50. The molecule has 0 aliphatic rings. The molecule has 1 N–H and O–H groups in total. The Morgan fingerprint density at radius 1 is 1.40 bits per heavy atom. The van der Waals surface area contributed by atoms with E-state index >= 15 is 0 Å². The van der Waals surface area contributed by atoms with Gasteiger partial charge in [-0.15, -0.1) is 5.10 Å². The van der Waals surface area contributed by atoms with Crippen molar-refractivity contribution in [2.45, 2.75) is 0 Å². The summed E-state index contributed by atoms with van der Waals surface area (Å²) >= 11 is 0. The van der Waals surface area contributed by atoms with Crippen molar-refractivity contribution in [3.8, 4) is 5.88 Å². The van der Waals surface area contributed by atoms with Gasteiger partial charge in [-0.3, -0.25) is 5.10 Å². The molecule has 2 rings (SSSR count). The van der Waals surface area contributed by atoms with E-state index in [1.807, 2.05) is 0 Å². The molecule has 0 radical (unpaired) electrons. The first-order valence-electron chi connectivity index (χ1n) is 4.36. The van der Waals surface area contributed by atoms with Crippen LogP contribution in [0.5, 0.6) is 5.88 Å². The van der Waals surface area contributed by atoms with Gasteiger partial charge in [0.05, 0.1) is 30.7 Å². The monoisotopic (exact) mass is 206 g/mol. The largest absolute Gasteiger partial charge is 0.480 e. The molecule has 0 aliphatic heterocycles. The van der Waals surface area contributed by atoms with Crippen LogP contribution >= 0.6 is 0 Å². The lowest BCUT2D eigenvalue weighted by molar-refractivity contribution is 0.0601. The van der Waals surface area contributed by atoms with Crippen LogP contribution in [0.15, 0.2) is 18.2 Å². The van der Waals surface area contributed by atoms with Crippen LogP contribution in [-0.4, -0.2) is 30.4 Å². The molecule has 0 atom stereocenters. The first kappa shape index (κ1) is 9.51. The van der Waals surface area contributed by atoms with Gasteiger partial charge in [-0.2, -0.15) is 0 Å². The number of rotatable bonds is 2. The van der Waals surface area contributed by atoms with E-state index in [9.17, 15) is 4.79 Å². The molecule has 0 bridgehead atoms. The second-order valence-corrected chi connectivity index (χ2v) is 2.98. The maximum Gasteiger partial charge on any atom is 0.337 e. The van der Waals surface area contributed by atoms with E-state index in [0.717, 1.165) is 10.9 Å². The fourth-order valence-electron chi connectivity index (χ4n) is 1.39. The fraction of sp³-hybridized carbons (Fsp3) is 0.200. The highest BCUT2D eigenvalue weighted by Crippen LogP contribution is 2.23. The highest BCUT2D eigenvalue weighted by Gasteiger charge is 2.10. The average Bonchev–Trinajstić information content (AvgIpc) is 2.69. The molecule has 5 nitrogen and oxygen atoms in total. The van der Waals surface area contributed by atoms with Crippen molar-refractivity contribution < 1.29 is 14.3 Å². The van der Waals surface area contributed by atoms with E-state index in [1.165, 1.54) is 14.2 Å². The van der Waals surface area contributed by atoms with Gasteiger partial charge in [-0.05, 0) is 18.2 Å². The minimum atomic E-state index is -0.375. The maximum absolute atomic E-state index is 11.3. The summed E-state index contributed by atoms with van der Waals surface area (Å²) < 4.78 is 9.67. The summed E-state index contributed by atoms with van der Waals surface area (Å²) in [6, 6.07) is 5.12. The number of hydrogen-bond donors (Lipinski definition) is 1. The standard InChI is InChI=1S/C10H10N2O3/c1-14-9-7-5-6(10(13)15-2)3-4-8(7)11-12-9/h3-5H,1-2H3,(H,11,12). The van der Waals surface area contributed by atoms with E-state index in [4.69, 9.17) is 4.74 Å². The molecule has 0 spiro atoms. The molecule has 0 aliphatic carbocycles. The number of esters is 1. The third kappa shape index (κ3) is 1.52. The minimum Gasteiger partial charge on any atom is -0.480 e. The van der Waals surface area contributed by atoms with Gasteiger partial charge < -0.3 is 9.47 Å². The zero-order chi connectivity index (χ0) is 10.8. The molecule has 0 saturated heterocycles. The van der Waals surface area contributed by atoms with Crippen molar-refractivity contribution in [2.75, 3.05) is 14.2 Å². The molecule has 1 aromatic carbocycles. The molecule has 1 aromatic heterocycles. The molecule has 0 unspecified atom stereocenters. The van der Waals surface area contributed by atoms with Crippen molar-refractivity contribution in [3.05, 3.63) is 23.8 Å². The number of nitrogens with one attached hydrogen (secondary N) is 1. The number of H-pyrrole nitrogens is 1. The van der Waals surface area contributed by atoms with E-state index in [0.29, 0.717) is 11.4 Å². The van der Waals surface area contributed by atoms with Gasteiger partial charge in [0, 0.05) is 0 Å². The summed E-state index contributed by atoms with van der Waals surface area (Å²) in [6.45, 7) is 0. The third-order valence-electron chi connectivity index (χ3n) is 2.14. The number of benzene rings is 1. The number of carbonyl (C=O) groups excluding carboxylic acids is 1. The maximum atomic E-state index is 11.3. The molecule has 0 saturated carbocycles. The first-order valence-corrected chi connectivity index (χ1v) is 4.36. The predicted molar refractivity (Wildman–Crippen MR) is 54.0 cm³/mol. The second kappa shape index (κ2) is 3.61. The average molecular weight is 206 g/mol. The molecule has 78 valence electrons. The van der Waals surface area contributed by atoms with Gasteiger partial charge in [0.2, 0.25) is 5.88 Å². The number of nitrogens with zero attached hydrogens (tertiary/aromatic N) is 1. The smallest absolute Gasteiger partial charge is 0.337 e. The lowest BCUT2D eigenvalue weighted by Crippen LogP contribution is -2.00. The highest BCUT2D eigenvalue weighted by molar-refractivity contribution is 5.95. The van der Waals surface area contributed by atoms with E-state index in [2.05, 4.69) is 14.9 Å². The fourth-order valence-corrected chi connectivity index (χ4v) is 1.39. The summed E-state index contributed by atoms with van der Waals surface area (Å²) in [5.74, 6) is 0.0934. The summed E-state index contributed by atoms with van der Waals surface area (Å²) in [7, 11) is 2.87. The number of carbonyl (C=O) groups is 1. The van der Waals surface area contributed by atoms with Crippen LogP contribution in [-0.2, 0) is 4.74 Å². The Bertz CT molecular complexity index is 504. The highest BCUT2D eigenvalue weighted by atomic mass is 16.5. The van der Waals surface area contributed by atoms with Crippen LogP contribution in [0, 0.1) is 0 Å². The van der Waals surface area contributed by atoms with Crippen LogP contribution < -0.4 is 4.74 Å². The Labute approximate surface area is 86.0 Å². The molecule has 0 amide bonds. The van der Waals surface area contributed by atoms with Crippen molar-refractivity contribution >= 4 is 16.9 Å². The van der Waals surface area contributed by atoms with Crippen LogP contribution in [0.1, 0.15) is 10.4 Å². The summed E-state index contributed by atoms with van der Waals surface area (Å²) in [6.07, 6.45) is 0. The van der Waals surface area contributed by atoms with Crippen molar-refractivity contribution in [1.82, 2.24) is 10.2 Å². The lowest BCUT2D eigenvalue weighted by atomic mass is 10.1. The van der Waals surface area contributed by atoms with Crippen molar-refractivity contribution in [2.24, 2.45) is 0 Å². The van der Waals surface area contributed by atoms with Crippen molar-refractivity contribution in [3.63, 3.8) is 0 Å². The van der Waals surface area contributed by atoms with E-state index in [1.54, 1.807) is 18.2 Å². The molecular formula is C10H10N2O3. The molecule has 15 heavy (non-hydrogen) atoms. The van der Waals surface area contributed by atoms with Gasteiger partial charge in [0.25, 0.3) is 0 Å². The molecular weight excluding hydrogens is 196 g/mol. The Morgan fingerprint density at radius 2 is 2.20 bits per heavy atom. The predicted octanol–water partition coefficient (Wildman–Crippen LogP) is 1.36. The number of fused-ring (bicyclic) bond motifs is 1. The summed E-state index contributed by atoms with van der Waals surface area (Å²) in [5.41, 5.74) is 1.30. The SMILES string of the molecule is COC(=O)c1ccc2[nH]nc(OC)c2c1. The van der Waals surface area contributed by atoms with Crippen molar-refractivity contribution in [1.29, 1.82) is 0 Å². The Morgan fingerprint density at radius 3 is 2.87 bits per heavy atom. The van der Waals surface area contributed by atoms with Gasteiger partial charge >= 0.3 is 5.97 Å². The van der Waals surface area contributed by atoms with Crippen LogP contribution in [0.3, 0.4) is 0 Å². The van der Waals surface area contributed by atoms with E-state index < -0.39 is 0 Å². The second-order valence-electron chi connectivity index (χ2n) is 2.98. The number of hydrogen-bond acceptors (Lipinski definition) is 4. The first-order chi connectivity index (χ1) is 7.26. The number of methoxy groups -OCH3 is 2. The lowest BCUT2D eigenvalue weighted by Gasteiger charge is -1.99. The number of aromatic amines is 1. The minimum absolute atomic E-state index is 0.375. The Hall–Kier alpha value is -2.04. The van der Waals surface area contributed by atoms with Crippen LogP contribution in [0.4, 0.5) is 0 Å². The quantitative estimate of drug-likeness (QED) is 0.753. The van der Waals surface area contributed by atoms with Gasteiger partial charge in [0.15, 0.2) is 0 Å². The number of aromatic nitrogens is 2. The zero-order valence-corrected chi connectivity index (χ0v) is 8.40. The normalized spacial score (nSPS) is 10.3.